The van der Waals surface area contributed by atoms with Gasteiger partial charge >= 0.3 is 0 Å². The molecule has 1 heterocycles. The summed E-state index contributed by atoms with van der Waals surface area (Å²) in [5, 5.41) is 12.1. The zero-order chi connectivity index (χ0) is 12.7. The second-order valence-electron chi connectivity index (χ2n) is 5.01. The summed E-state index contributed by atoms with van der Waals surface area (Å²) in [6.45, 7) is 4.25. The molecule has 0 radical (unpaired) electrons. The number of nitrogen functional groups attached to an aromatic ring is 1. The minimum atomic E-state index is 0.444. The second-order valence-corrected chi connectivity index (χ2v) is 5.01. The van der Waals surface area contributed by atoms with E-state index < -0.39 is 0 Å². The van der Waals surface area contributed by atoms with E-state index in [-0.39, 0.29) is 0 Å². The van der Waals surface area contributed by atoms with Gasteiger partial charge in [0, 0.05) is 11.3 Å². The van der Waals surface area contributed by atoms with Crippen LogP contribution in [0.1, 0.15) is 31.4 Å². The van der Waals surface area contributed by atoms with Crippen LogP contribution < -0.4 is 5.73 Å². The summed E-state index contributed by atoms with van der Waals surface area (Å²) < 4.78 is 1.93. The highest BCUT2D eigenvalue weighted by atomic mass is 15.6. The van der Waals surface area contributed by atoms with Crippen molar-refractivity contribution in [1.82, 2.24) is 20.2 Å². The molecule has 5 heteroatoms. The molecule has 1 aliphatic carbocycles. The van der Waals surface area contributed by atoms with Gasteiger partial charge in [0.1, 0.15) is 0 Å². The van der Waals surface area contributed by atoms with Crippen LogP contribution in [0.4, 0.5) is 5.69 Å². The van der Waals surface area contributed by atoms with Crippen molar-refractivity contribution in [2.24, 2.45) is 5.92 Å². The first-order valence-corrected chi connectivity index (χ1v) is 6.35. The first-order chi connectivity index (χ1) is 8.70. The Kier molecular flexibility index (Phi) is 2.54. The molecule has 0 spiro atoms. The molecule has 1 saturated carbocycles. The second kappa shape index (κ2) is 4.08. The number of aryl methyl sites for hydroxylation is 1. The monoisotopic (exact) mass is 243 g/mol. The summed E-state index contributed by atoms with van der Waals surface area (Å²) in [7, 11) is 0. The maximum absolute atomic E-state index is 6.03. The molecule has 2 atom stereocenters. The molecule has 2 unspecified atom stereocenters. The largest absolute Gasteiger partial charge is 0.398 e. The summed E-state index contributed by atoms with van der Waals surface area (Å²) in [6, 6.07) is 6.40. The lowest BCUT2D eigenvalue weighted by Crippen LogP contribution is -2.03. The fourth-order valence-corrected chi connectivity index (χ4v) is 2.43. The molecule has 0 saturated heterocycles. The third-order valence-electron chi connectivity index (χ3n) is 3.67. The molecular formula is C13H17N5. The summed E-state index contributed by atoms with van der Waals surface area (Å²) in [5.74, 6) is 1.50. The minimum Gasteiger partial charge on any atom is -0.398 e. The van der Waals surface area contributed by atoms with Gasteiger partial charge in [-0.3, -0.25) is 0 Å². The van der Waals surface area contributed by atoms with Crippen LogP contribution in [0, 0.1) is 12.8 Å². The zero-order valence-corrected chi connectivity index (χ0v) is 10.7. The van der Waals surface area contributed by atoms with Gasteiger partial charge < -0.3 is 5.73 Å². The number of aromatic nitrogens is 4. The number of anilines is 1. The number of rotatable bonds is 3. The molecule has 2 N–H and O–H groups in total. The van der Waals surface area contributed by atoms with Crippen molar-refractivity contribution in [3.05, 3.63) is 23.8 Å². The van der Waals surface area contributed by atoms with Gasteiger partial charge in [0.25, 0.3) is 0 Å². The molecule has 1 aliphatic rings. The first-order valence-electron chi connectivity index (χ1n) is 6.35. The van der Waals surface area contributed by atoms with Gasteiger partial charge in [-0.2, -0.15) is 0 Å². The molecule has 3 rings (SSSR count). The lowest BCUT2D eigenvalue weighted by molar-refractivity contribution is 0.563. The van der Waals surface area contributed by atoms with Gasteiger partial charge in [0.05, 0.1) is 6.04 Å². The molecule has 2 aromatic rings. The van der Waals surface area contributed by atoms with E-state index in [9.17, 15) is 0 Å². The van der Waals surface area contributed by atoms with E-state index in [2.05, 4.69) is 22.4 Å². The first kappa shape index (κ1) is 11.2. The fraction of sp³-hybridized carbons (Fsp3) is 0.462. The number of hydrogen-bond acceptors (Lipinski definition) is 4. The van der Waals surface area contributed by atoms with Crippen molar-refractivity contribution in [3.63, 3.8) is 0 Å². The van der Waals surface area contributed by atoms with Crippen molar-refractivity contribution < 1.29 is 0 Å². The van der Waals surface area contributed by atoms with Crippen LogP contribution in [0.15, 0.2) is 18.2 Å². The van der Waals surface area contributed by atoms with E-state index in [0.717, 1.165) is 22.6 Å². The Morgan fingerprint density at radius 3 is 3.00 bits per heavy atom. The topological polar surface area (TPSA) is 69.6 Å². The number of nitrogens with two attached hydrogens (primary N) is 1. The van der Waals surface area contributed by atoms with Crippen molar-refractivity contribution in [3.8, 4) is 11.4 Å². The Hall–Kier alpha value is -1.91. The van der Waals surface area contributed by atoms with Crippen molar-refractivity contribution in [1.29, 1.82) is 0 Å². The highest BCUT2D eigenvalue weighted by Gasteiger charge is 2.39. The van der Waals surface area contributed by atoms with E-state index in [1.807, 2.05) is 29.8 Å². The fourth-order valence-electron chi connectivity index (χ4n) is 2.43. The van der Waals surface area contributed by atoms with Gasteiger partial charge in [-0.05, 0) is 41.8 Å². The molecule has 1 fully saturated rings. The molecule has 0 bridgehead atoms. The average Bonchev–Trinajstić information content (AvgIpc) is 3.00. The van der Waals surface area contributed by atoms with E-state index in [0.29, 0.717) is 12.0 Å². The van der Waals surface area contributed by atoms with Crippen LogP contribution in [0.25, 0.3) is 11.4 Å². The molecule has 94 valence electrons. The Balaban J connectivity index is 2.02. The lowest BCUT2D eigenvalue weighted by atomic mass is 10.1. The summed E-state index contributed by atoms with van der Waals surface area (Å²) in [6.07, 6.45) is 2.34. The number of hydrogen-bond donors (Lipinski definition) is 1. The van der Waals surface area contributed by atoms with Crippen LogP contribution in [-0.2, 0) is 0 Å². The summed E-state index contributed by atoms with van der Waals surface area (Å²) in [5.41, 5.74) is 8.85. The Morgan fingerprint density at radius 2 is 2.28 bits per heavy atom. The number of benzene rings is 1. The third kappa shape index (κ3) is 1.75. The standard InChI is InChI=1S/C13H17N5/c1-3-9-7-12(9)18-13(15-16-17-18)10-6-8(2)4-5-11(10)14/h4-6,9,12H,3,7,14H2,1-2H3. The normalized spacial score (nSPS) is 22.1. The van der Waals surface area contributed by atoms with Crippen LogP contribution in [0.2, 0.25) is 0 Å². The van der Waals surface area contributed by atoms with Crippen molar-refractivity contribution in [2.75, 3.05) is 5.73 Å². The van der Waals surface area contributed by atoms with E-state index in [4.69, 9.17) is 5.73 Å². The van der Waals surface area contributed by atoms with Crippen LogP contribution in [-0.4, -0.2) is 20.2 Å². The summed E-state index contributed by atoms with van der Waals surface area (Å²) >= 11 is 0. The molecule has 0 aliphatic heterocycles. The van der Waals surface area contributed by atoms with Crippen LogP contribution in [0.3, 0.4) is 0 Å². The predicted molar refractivity (Wildman–Crippen MR) is 69.8 cm³/mol. The lowest BCUT2D eigenvalue weighted by Gasteiger charge is -2.07. The molecule has 1 aromatic heterocycles. The average molecular weight is 243 g/mol. The zero-order valence-electron chi connectivity index (χ0n) is 10.7. The maximum atomic E-state index is 6.03. The third-order valence-corrected chi connectivity index (χ3v) is 3.67. The van der Waals surface area contributed by atoms with E-state index >= 15 is 0 Å². The van der Waals surface area contributed by atoms with Gasteiger partial charge in [-0.1, -0.05) is 25.0 Å². The minimum absolute atomic E-state index is 0.444. The number of tetrazole rings is 1. The summed E-state index contributed by atoms with van der Waals surface area (Å²) in [4.78, 5) is 0. The Bertz CT molecular complexity index is 575. The quantitative estimate of drug-likeness (QED) is 0.839. The molecule has 18 heavy (non-hydrogen) atoms. The van der Waals surface area contributed by atoms with Gasteiger partial charge in [-0.25, -0.2) is 4.68 Å². The van der Waals surface area contributed by atoms with Gasteiger partial charge in [-0.15, -0.1) is 5.10 Å². The van der Waals surface area contributed by atoms with Crippen molar-refractivity contribution >= 4 is 5.69 Å². The van der Waals surface area contributed by atoms with Crippen molar-refractivity contribution in [2.45, 2.75) is 32.7 Å². The van der Waals surface area contributed by atoms with Gasteiger partial charge in [0.15, 0.2) is 5.82 Å². The van der Waals surface area contributed by atoms with E-state index in [1.165, 1.54) is 12.8 Å². The highest BCUT2D eigenvalue weighted by Crippen LogP contribution is 2.46. The van der Waals surface area contributed by atoms with Crippen LogP contribution in [0.5, 0.6) is 0 Å². The molecular weight excluding hydrogens is 226 g/mol. The van der Waals surface area contributed by atoms with Gasteiger partial charge in [0.2, 0.25) is 0 Å². The molecule has 5 nitrogen and oxygen atoms in total. The highest BCUT2D eigenvalue weighted by molar-refractivity contribution is 5.72. The predicted octanol–water partition coefficient (Wildman–Crippen LogP) is 2.20. The van der Waals surface area contributed by atoms with E-state index in [1.54, 1.807) is 0 Å². The van der Waals surface area contributed by atoms with Crippen LogP contribution >= 0.6 is 0 Å². The SMILES string of the molecule is CCC1CC1n1nnnc1-c1cc(C)ccc1N. The molecule has 1 aromatic carbocycles. The molecule has 0 amide bonds. The smallest absolute Gasteiger partial charge is 0.184 e. The maximum Gasteiger partial charge on any atom is 0.184 e. The Labute approximate surface area is 106 Å². The Morgan fingerprint density at radius 1 is 1.44 bits per heavy atom. The number of nitrogens with zero attached hydrogens (tertiary/aromatic N) is 4.